The monoisotopic (exact) mass is 335 g/mol. The van der Waals surface area contributed by atoms with Crippen LogP contribution in [0.25, 0.3) is 0 Å². The van der Waals surface area contributed by atoms with E-state index in [9.17, 15) is 0 Å². The molecule has 0 aliphatic carbocycles. The minimum atomic E-state index is 0.158. The fraction of sp³-hybridized carbons (Fsp3) is 0.391. The second-order valence-corrected chi connectivity index (χ2v) is 7.45. The molecule has 0 bridgehead atoms. The lowest BCUT2D eigenvalue weighted by Gasteiger charge is -2.44. The number of hydrogen-bond acceptors (Lipinski definition) is 2. The first-order valence-corrected chi connectivity index (χ1v) is 9.23. The van der Waals surface area contributed by atoms with Gasteiger partial charge in [0.25, 0.3) is 0 Å². The Kier molecular flexibility index (Phi) is 5.60. The SMILES string of the molecule is C=CC[C@@H]1C[C@@](C)(c2cccc(OCc3ccccc3)c2)[C@@H](C)CN1. The minimum absolute atomic E-state index is 0.158. The van der Waals surface area contributed by atoms with Crippen LogP contribution in [0.4, 0.5) is 0 Å². The molecule has 0 saturated carbocycles. The largest absolute Gasteiger partial charge is 0.489 e. The lowest BCUT2D eigenvalue weighted by molar-refractivity contribution is 0.193. The molecule has 3 rings (SSSR count). The smallest absolute Gasteiger partial charge is 0.120 e. The molecule has 1 aliphatic rings. The molecule has 0 amide bonds. The Labute approximate surface area is 151 Å². The standard InChI is InChI=1S/C23H29NO/c1-4-9-21-15-23(3,18(2)16-24-21)20-12-8-13-22(14-20)25-17-19-10-6-5-7-11-19/h4-8,10-14,18,21,24H,1,9,15-17H2,2-3H3/t18-,21+,23+/m0/s1. The minimum Gasteiger partial charge on any atom is -0.489 e. The van der Waals surface area contributed by atoms with Crippen molar-refractivity contribution in [2.45, 2.75) is 44.8 Å². The van der Waals surface area contributed by atoms with Crippen LogP contribution in [-0.4, -0.2) is 12.6 Å². The molecule has 0 radical (unpaired) electrons. The Morgan fingerprint density at radius 3 is 2.76 bits per heavy atom. The quantitative estimate of drug-likeness (QED) is 0.742. The lowest BCUT2D eigenvalue weighted by Crippen LogP contribution is -2.50. The predicted molar refractivity (Wildman–Crippen MR) is 105 cm³/mol. The highest BCUT2D eigenvalue weighted by molar-refractivity contribution is 5.35. The average molecular weight is 335 g/mol. The molecule has 2 aromatic rings. The number of benzene rings is 2. The van der Waals surface area contributed by atoms with Crippen molar-refractivity contribution in [2.24, 2.45) is 5.92 Å². The number of piperidine rings is 1. The van der Waals surface area contributed by atoms with Gasteiger partial charge in [0.05, 0.1) is 0 Å². The molecule has 0 aromatic heterocycles. The van der Waals surface area contributed by atoms with Gasteiger partial charge in [-0.2, -0.15) is 0 Å². The average Bonchev–Trinajstić information content (AvgIpc) is 2.64. The van der Waals surface area contributed by atoms with Crippen molar-refractivity contribution in [3.63, 3.8) is 0 Å². The molecular weight excluding hydrogens is 306 g/mol. The van der Waals surface area contributed by atoms with E-state index in [1.807, 2.05) is 24.3 Å². The summed E-state index contributed by atoms with van der Waals surface area (Å²) in [6.07, 6.45) is 4.17. The van der Waals surface area contributed by atoms with Crippen molar-refractivity contribution >= 4 is 0 Å². The van der Waals surface area contributed by atoms with E-state index in [4.69, 9.17) is 4.74 Å². The van der Waals surface area contributed by atoms with Gasteiger partial charge in [-0.25, -0.2) is 0 Å². The van der Waals surface area contributed by atoms with Crippen molar-refractivity contribution in [1.29, 1.82) is 0 Å². The summed E-state index contributed by atoms with van der Waals surface area (Å²) in [6.45, 7) is 10.3. The van der Waals surface area contributed by atoms with E-state index in [1.54, 1.807) is 0 Å². The van der Waals surface area contributed by atoms with E-state index >= 15 is 0 Å². The number of hydrogen-bond donors (Lipinski definition) is 1. The van der Waals surface area contributed by atoms with Gasteiger partial charge in [0.15, 0.2) is 0 Å². The molecule has 1 fully saturated rings. The van der Waals surface area contributed by atoms with Gasteiger partial charge in [0, 0.05) is 6.04 Å². The van der Waals surface area contributed by atoms with Gasteiger partial charge in [0.1, 0.15) is 12.4 Å². The van der Waals surface area contributed by atoms with Crippen molar-refractivity contribution in [2.75, 3.05) is 6.54 Å². The van der Waals surface area contributed by atoms with Gasteiger partial charge >= 0.3 is 0 Å². The van der Waals surface area contributed by atoms with Crippen LogP contribution in [0.5, 0.6) is 5.75 Å². The number of nitrogens with one attached hydrogen (secondary N) is 1. The molecular formula is C23H29NO. The number of rotatable bonds is 6. The van der Waals surface area contributed by atoms with E-state index in [0.717, 1.165) is 25.1 Å². The highest BCUT2D eigenvalue weighted by Crippen LogP contribution is 2.40. The van der Waals surface area contributed by atoms with Crippen molar-refractivity contribution in [1.82, 2.24) is 5.32 Å². The topological polar surface area (TPSA) is 21.3 Å². The zero-order valence-electron chi connectivity index (χ0n) is 15.4. The summed E-state index contributed by atoms with van der Waals surface area (Å²) in [5.74, 6) is 1.53. The van der Waals surface area contributed by atoms with Crippen LogP contribution in [-0.2, 0) is 12.0 Å². The summed E-state index contributed by atoms with van der Waals surface area (Å²) < 4.78 is 6.05. The summed E-state index contributed by atoms with van der Waals surface area (Å²) in [7, 11) is 0. The maximum absolute atomic E-state index is 6.05. The first-order chi connectivity index (χ1) is 12.1. The second kappa shape index (κ2) is 7.88. The van der Waals surface area contributed by atoms with Crippen LogP contribution in [0.15, 0.2) is 67.3 Å². The Morgan fingerprint density at radius 1 is 1.20 bits per heavy atom. The molecule has 2 heteroatoms. The molecule has 25 heavy (non-hydrogen) atoms. The molecule has 1 N–H and O–H groups in total. The molecule has 0 unspecified atom stereocenters. The Balaban J connectivity index is 1.76. The third-order valence-electron chi connectivity index (χ3n) is 5.66. The highest BCUT2D eigenvalue weighted by Gasteiger charge is 2.38. The molecule has 1 saturated heterocycles. The Hall–Kier alpha value is -2.06. The van der Waals surface area contributed by atoms with Gasteiger partial charge in [-0.15, -0.1) is 6.58 Å². The first kappa shape index (κ1) is 17.8. The molecule has 3 atom stereocenters. The van der Waals surface area contributed by atoms with Gasteiger partial charge in [-0.05, 0) is 54.0 Å². The fourth-order valence-electron chi connectivity index (χ4n) is 3.81. The summed E-state index contributed by atoms with van der Waals surface area (Å²) in [6, 6.07) is 19.5. The number of ether oxygens (including phenoxy) is 1. The van der Waals surface area contributed by atoms with E-state index < -0.39 is 0 Å². The zero-order valence-corrected chi connectivity index (χ0v) is 15.4. The Bertz CT molecular complexity index is 696. The van der Waals surface area contributed by atoms with Crippen LogP contribution in [0, 0.1) is 5.92 Å². The molecule has 1 heterocycles. The van der Waals surface area contributed by atoms with Crippen LogP contribution < -0.4 is 10.1 Å². The van der Waals surface area contributed by atoms with Crippen molar-refractivity contribution in [3.8, 4) is 5.75 Å². The summed E-state index contributed by atoms with van der Waals surface area (Å²) >= 11 is 0. The van der Waals surface area contributed by atoms with Gasteiger partial charge in [-0.1, -0.05) is 62.4 Å². The normalized spacial score (nSPS) is 26.2. The third-order valence-corrected chi connectivity index (χ3v) is 5.66. The van der Waals surface area contributed by atoms with Crippen LogP contribution in [0.2, 0.25) is 0 Å². The van der Waals surface area contributed by atoms with Gasteiger partial charge in [-0.3, -0.25) is 0 Å². The molecule has 0 spiro atoms. The summed E-state index contributed by atoms with van der Waals surface area (Å²) in [5.41, 5.74) is 2.73. The summed E-state index contributed by atoms with van der Waals surface area (Å²) in [4.78, 5) is 0. The van der Waals surface area contributed by atoms with Crippen LogP contribution >= 0.6 is 0 Å². The molecule has 2 nitrogen and oxygen atoms in total. The molecule has 132 valence electrons. The summed E-state index contributed by atoms with van der Waals surface area (Å²) in [5, 5.41) is 3.65. The van der Waals surface area contributed by atoms with Gasteiger partial charge in [0.2, 0.25) is 0 Å². The maximum atomic E-state index is 6.05. The zero-order chi connectivity index (χ0) is 17.7. The predicted octanol–water partition coefficient (Wildman–Crippen LogP) is 5.10. The fourth-order valence-corrected chi connectivity index (χ4v) is 3.81. The second-order valence-electron chi connectivity index (χ2n) is 7.45. The van der Waals surface area contributed by atoms with E-state index in [0.29, 0.717) is 18.6 Å². The van der Waals surface area contributed by atoms with E-state index in [-0.39, 0.29) is 5.41 Å². The van der Waals surface area contributed by atoms with Crippen molar-refractivity contribution in [3.05, 3.63) is 78.4 Å². The van der Waals surface area contributed by atoms with E-state index in [2.05, 4.69) is 62.1 Å². The highest BCUT2D eigenvalue weighted by atomic mass is 16.5. The van der Waals surface area contributed by atoms with Gasteiger partial charge < -0.3 is 10.1 Å². The maximum Gasteiger partial charge on any atom is 0.120 e. The first-order valence-electron chi connectivity index (χ1n) is 9.23. The third kappa shape index (κ3) is 4.13. The molecule has 2 aromatic carbocycles. The van der Waals surface area contributed by atoms with E-state index in [1.165, 1.54) is 11.1 Å². The van der Waals surface area contributed by atoms with Crippen LogP contribution in [0.3, 0.4) is 0 Å². The molecule has 1 aliphatic heterocycles. The Morgan fingerprint density at radius 2 is 2.00 bits per heavy atom. The van der Waals surface area contributed by atoms with Crippen LogP contribution in [0.1, 0.15) is 37.8 Å². The lowest BCUT2D eigenvalue weighted by atomic mass is 9.66. The van der Waals surface area contributed by atoms with Crippen molar-refractivity contribution < 1.29 is 4.74 Å².